The Labute approximate surface area is 123 Å². The number of nitrogens with one attached hydrogen (secondary N) is 1. The van der Waals surface area contributed by atoms with E-state index >= 15 is 0 Å². The van der Waals surface area contributed by atoms with E-state index in [0.717, 1.165) is 34.4 Å². The minimum atomic E-state index is 0.762. The van der Waals surface area contributed by atoms with Gasteiger partial charge in [-0.05, 0) is 32.0 Å². The summed E-state index contributed by atoms with van der Waals surface area (Å²) >= 11 is 7.67. The van der Waals surface area contributed by atoms with Gasteiger partial charge in [0.1, 0.15) is 5.01 Å². The van der Waals surface area contributed by atoms with Crippen LogP contribution in [0.2, 0.25) is 5.02 Å². The maximum absolute atomic E-state index is 5.91. The van der Waals surface area contributed by atoms with Crippen molar-refractivity contribution in [3.05, 3.63) is 39.9 Å². The van der Waals surface area contributed by atoms with Gasteiger partial charge in [0.05, 0.1) is 5.69 Å². The van der Waals surface area contributed by atoms with Crippen LogP contribution in [-0.2, 0) is 6.54 Å². The van der Waals surface area contributed by atoms with Gasteiger partial charge in [-0.15, -0.1) is 11.3 Å². The van der Waals surface area contributed by atoms with Crippen molar-refractivity contribution in [3.63, 3.8) is 0 Å². The number of hydrogen-bond donors (Lipinski definition) is 1. The number of nitrogens with zero attached hydrogens (tertiary/aromatic N) is 1. The van der Waals surface area contributed by atoms with Crippen LogP contribution in [0.1, 0.15) is 30.3 Å². The summed E-state index contributed by atoms with van der Waals surface area (Å²) < 4.78 is 0. The smallest absolute Gasteiger partial charge is 0.123 e. The van der Waals surface area contributed by atoms with Crippen molar-refractivity contribution in [1.82, 2.24) is 10.3 Å². The predicted molar refractivity (Wildman–Crippen MR) is 83.9 cm³/mol. The first-order valence-electron chi connectivity index (χ1n) is 6.63. The molecule has 0 bridgehead atoms. The standard InChI is InChI=1S/C15H19ClN2S/c1-3-4-9-17-10-14-11(2)18-15(19-14)12-5-7-13(16)8-6-12/h5-8,17H,3-4,9-10H2,1-2H3. The molecule has 0 saturated carbocycles. The van der Waals surface area contributed by atoms with Gasteiger partial charge in [-0.2, -0.15) is 0 Å². The molecule has 0 aliphatic carbocycles. The molecule has 0 atom stereocenters. The van der Waals surface area contributed by atoms with Crippen molar-refractivity contribution < 1.29 is 0 Å². The van der Waals surface area contributed by atoms with Gasteiger partial charge in [0.15, 0.2) is 0 Å². The van der Waals surface area contributed by atoms with E-state index in [1.165, 1.54) is 17.7 Å². The van der Waals surface area contributed by atoms with Gasteiger partial charge in [-0.3, -0.25) is 0 Å². The van der Waals surface area contributed by atoms with Crippen LogP contribution in [0.25, 0.3) is 10.6 Å². The lowest BCUT2D eigenvalue weighted by Crippen LogP contribution is -2.14. The van der Waals surface area contributed by atoms with Crippen molar-refractivity contribution in [3.8, 4) is 10.6 Å². The fourth-order valence-electron chi connectivity index (χ4n) is 1.81. The second kappa shape index (κ2) is 7.04. The van der Waals surface area contributed by atoms with E-state index in [2.05, 4.69) is 24.1 Å². The molecule has 2 aromatic rings. The zero-order chi connectivity index (χ0) is 13.7. The third-order valence-electron chi connectivity index (χ3n) is 2.98. The van der Waals surface area contributed by atoms with Crippen LogP contribution >= 0.6 is 22.9 Å². The monoisotopic (exact) mass is 294 g/mol. The van der Waals surface area contributed by atoms with Gasteiger partial charge in [0.25, 0.3) is 0 Å². The summed E-state index contributed by atoms with van der Waals surface area (Å²) in [6.45, 7) is 6.27. The summed E-state index contributed by atoms with van der Waals surface area (Å²) in [6, 6.07) is 7.86. The number of aryl methyl sites for hydroxylation is 1. The molecule has 1 heterocycles. The molecule has 2 rings (SSSR count). The number of unbranched alkanes of at least 4 members (excludes halogenated alkanes) is 1. The van der Waals surface area contributed by atoms with Gasteiger partial charge < -0.3 is 5.32 Å². The Kier molecular flexibility index (Phi) is 5.37. The first-order chi connectivity index (χ1) is 9.20. The molecule has 2 nitrogen and oxygen atoms in total. The summed E-state index contributed by atoms with van der Waals surface area (Å²) in [5.74, 6) is 0. The largest absolute Gasteiger partial charge is 0.312 e. The molecule has 0 amide bonds. The number of halogens is 1. The highest BCUT2D eigenvalue weighted by molar-refractivity contribution is 7.15. The average Bonchev–Trinajstić information content (AvgIpc) is 2.77. The summed E-state index contributed by atoms with van der Waals surface area (Å²) in [4.78, 5) is 5.97. The normalized spacial score (nSPS) is 10.9. The number of benzene rings is 1. The van der Waals surface area contributed by atoms with Crippen molar-refractivity contribution in [1.29, 1.82) is 0 Å². The highest BCUT2D eigenvalue weighted by atomic mass is 35.5. The summed E-state index contributed by atoms with van der Waals surface area (Å²) in [5, 5.41) is 5.30. The van der Waals surface area contributed by atoms with Gasteiger partial charge in [0, 0.05) is 22.0 Å². The van der Waals surface area contributed by atoms with Gasteiger partial charge >= 0.3 is 0 Å². The van der Waals surface area contributed by atoms with Gasteiger partial charge in [0.2, 0.25) is 0 Å². The molecule has 102 valence electrons. The number of aromatic nitrogens is 1. The average molecular weight is 295 g/mol. The lowest BCUT2D eigenvalue weighted by molar-refractivity contribution is 0.644. The summed E-state index contributed by atoms with van der Waals surface area (Å²) in [6.07, 6.45) is 2.45. The van der Waals surface area contributed by atoms with Crippen LogP contribution in [0.5, 0.6) is 0 Å². The molecule has 0 unspecified atom stereocenters. The van der Waals surface area contributed by atoms with Crippen molar-refractivity contribution in [2.45, 2.75) is 33.2 Å². The van der Waals surface area contributed by atoms with E-state index in [1.807, 2.05) is 24.3 Å². The van der Waals surface area contributed by atoms with Crippen LogP contribution in [0.3, 0.4) is 0 Å². The van der Waals surface area contributed by atoms with E-state index in [1.54, 1.807) is 11.3 Å². The van der Waals surface area contributed by atoms with Crippen LogP contribution < -0.4 is 5.32 Å². The van der Waals surface area contributed by atoms with E-state index in [0.29, 0.717) is 0 Å². The third kappa shape index (κ3) is 4.03. The first kappa shape index (κ1) is 14.5. The highest BCUT2D eigenvalue weighted by Gasteiger charge is 2.08. The minimum absolute atomic E-state index is 0.762. The summed E-state index contributed by atoms with van der Waals surface area (Å²) in [5.41, 5.74) is 2.26. The molecule has 0 aliphatic rings. The molecule has 0 fully saturated rings. The highest BCUT2D eigenvalue weighted by Crippen LogP contribution is 2.28. The molecular weight excluding hydrogens is 276 g/mol. The maximum Gasteiger partial charge on any atom is 0.123 e. The van der Waals surface area contributed by atoms with E-state index in [-0.39, 0.29) is 0 Å². The number of thiazole rings is 1. The Hall–Kier alpha value is -0.900. The lowest BCUT2D eigenvalue weighted by Gasteiger charge is -2.01. The molecule has 0 radical (unpaired) electrons. The Balaban J connectivity index is 2.05. The number of hydrogen-bond acceptors (Lipinski definition) is 3. The molecular formula is C15H19ClN2S. The van der Waals surface area contributed by atoms with Crippen LogP contribution in [0.15, 0.2) is 24.3 Å². The Morgan fingerprint density at radius 2 is 2.00 bits per heavy atom. The molecule has 1 N–H and O–H groups in total. The zero-order valence-electron chi connectivity index (χ0n) is 11.4. The molecule has 19 heavy (non-hydrogen) atoms. The lowest BCUT2D eigenvalue weighted by atomic mass is 10.2. The quantitative estimate of drug-likeness (QED) is 0.784. The molecule has 4 heteroatoms. The second-order valence-electron chi connectivity index (χ2n) is 4.56. The Morgan fingerprint density at radius 3 is 2.68 bits per heavy atom. The van der Waals surface area contributed by atoms with E-state index in [9.17, 15) is 0 Å². The second-order valence-corrected chi connectivity index (χ2v) is 6.08. The first-order valence-corrected chi connectivity index (χ1v) is 7.83. The topological polar surface area (TPSA) is 24.9 Å². The predicted octanol–water partition coefficient (Wildman–Crippen LogP) is 4.66. The zero-order valence-corrected chi connectivity index (χ0v) is 12.9. The molecule has 1 aromatic carbocycles. The fraction of sp³-hybridized carbons (Fsp3) is 0.400. The van der Waals surface area contributed by atoms with Gasteiger partial charge in [-0.25, -0.2) is 4.98 Å². The summed E-state index contributed by atoms with van der Waals surface area (Å²) in [7, 11) is 0. The van der Waals surface area contributed by atoms with Crippen LogP contribution in [0, 0.1) is 6.92 Å². The van der Waals surface area contributed by atoms with Crippen molar-refractivity contribution in [2.75, 3.05) is 6.54 Å². The molecule has 0 saturated heterocycles. The molecule has 1 aromatic heterocycles. The van der Waals surface area contributed by atoms with Crippen molar-refractivity contribution in [2.24, 2.45) is 0 Å². The maximum atomic E-state index is 5.91. The molecule has 0 spiro atoms. The van der Waals surface area contributed by atoms with E-state index < -0.39 is 0 Å². The number of rotatable bonds is 6. The van der Waals surface area contributed by atoms with Crippen LogP contribution in [-0.4, -0.2) is 11.5 Å². The van der Waals surface area contributed by atoms with Gasteiger partial charge in [-0.1, -0.05) is 37.1 Å². The Bertz CT molecular complexity index is 519. The molecule has 0 aliphatic heterocycles. The Morgan fingerprint density at radius 1 is 1.26 bits per heavy atom. The van der Waals surface area contributed by atoms with E-state index in [4.69, 9.17) is 11.6 Å². The fourth-order valence-corrected chi connectivity index (χ4v) is 2.98. The van der Waals surface area contributed by atoms with Crippen molar-refractivity contribution >= 4 is 22.9 Å². The third-order valence-corrected chi connectivity index (χ3v) is 4.43. The van der Waals surface area contributed by atoms with Crippen LogP contribution in [0.4, 0.5) is 0 Å². The minimum Gasteiger partial charge on any atom is -0.312 e. The SMILES string of the molecule is CCCCNCc1sc(-c2ccc(Cl)cc2)nc1C.